The van der Waals surface area contributed by atoms with Gasteiger partial charge >= 0.3 is 0 Å². The van der Waals surface area contributed by atoms with Gasteiger partial charge in [0.1, 0.15) is 0 Å². The zero-order chi connectivity index (χ0) is 23.7. The van der Waals surface area contributed by atoms with Crippen LogP contribution in [-0.4, -0.2) is 4.43 Å². The Morgan fingerprint density at radius 3 is 0.727 bits per heavy atom. The fourth-order valence-corrected chi connectivity index (χ4v) is 2.27. The van der Waals surface area contributed by atoms with Crippen LogP contribution >= 0.6 is 67.8 Å². The van der Waals surface area contributed by atoms with Gasteiger partial charge in [-0.15, -0.1) is 27.0 Å². The summed E-state index contributed by atoms with van der Waals surface area (Å²) in [4.78, 5) is 0. The van der Waals surface area contributed by atoms with Crippen molar-refractivity contribution in [3.05, 3.63) is 106 Å². The van der Waals surface area contributed by atoms with Crippen molar-refractivity contribution in [2.24, 2.45) is 0 Å². The van der Waals surface area contributed by atoms with E-state index in [-0.39, 0.29) is 37.1 Å². The van der Waals surface area contributed by atoms with Gasteiger partial charge in [-0.2, -0.15) is 6.92 Å². The Balaban J connectivity index is -0.000000173. The number of halogens is 3. The van der Waals surface area contributed by atoms with Crippen LogP contribution in [0, 0.1) is 8.86 Å². The molecule has 5 heteroatoms. The minimum absolute atomic E-state index is 0. The van der Waals surface area contributed by atoms with Crippen LogP contribution in [0.2, 0.25) is 0 Å². The van der Waals surface area contributed by atoms with E-state index in [9.17, 15) is 0 Å². The molecule has 0 saturated carbocycles. The summed E-state index contributed by atoms with van der Waals surface area (Å²) in [6, 6.07) is 33.4. The number of benzene rings is 4. The zero-order valence-corrected chi connectivity index (χ0v) is 29.4. The molecule has 0 spiro atoms. The Hall–Kier alpha value is 0.759. The van der Waals surface area contributed by atoms with E-state index >= 15 is 0 Å². The molecule has 0 fully saturated rings. The van der Waals surface area contributed by atoms with Crippen molar-refractivity contribution in [1.82, 2.24) is 0 Å². The third-order valence-electron chi connectivity index (χ3n) is 3.38. The third-order valence-corrected chi connectivity index (χ3v) is 5.94. The fraction of sp³-hybridized carbons (Fsp3) is 0.214. The van der Waals surface area contributed by atoms with E-state index in [2.05, 4.69) is 169 Å². The molecule has 0 N–H and O–H groups in total. The van der Waals surface area contributed by atoms with Crippen LogP contribution < -0.4 is 0 Å². The molecule has 0 saturated heterocycles. The Morgan fingerprint density at radius 1 is 0.515 bits per heavy atom. The summed E-state index contributed by atoms with van der Waals surface area (Å²) in [6.45, 7) is 9.99. The molecule has 0 nitrogen and oxygen atoms in total. The van der Waals surface area contributed by atoms with Gasteiger partial charge in [0, 0.05) is 37.1 Å². The van der Waals surface area contributed by atoms with Gasteiger partial charge in [0.2, 0.25) is 0 Å². The SMILES string of the molecule is CC.CC.C[CH-]I.I[CH-]CI.[V].[V].c1ccc2ccccc2c1.c1ccc2ccccc2c1. The van der Waals surface area contributed by atoms with Gasteiger partial charge in [-0.05, 0) is 21.5 Å². The molecule has 0 amide bonds. The number of rotatable bonds is 1. The Labute approximate surface area is 268 Å². The normalized spacial score (nSPS) is 7.88. The first-order valence-electron chi connectivity index (χ1n) is 10.5. The Bertz CT molecular complexity index is 682. The van der Waals surface area contributed by atoms with Crippen LogP contribution in [-0.2, 0) is 37.1 Å². The molecule has 0 unspecified atom stereocenters. The van der Waals surface area contributed by atoms with Gasteiger partial charge in [-0.25, -0.2) is 0 Å². The minimum atomic E-state index is 0. The summed E-state index contributed by atoms with van der Waals surface area (Å²) in [7, 11) is 0. The van der Waals surface area contributed by atoms with Gasteiger partial charge in [-0.1, -0.05) is 125 Å². The molecule has 33 heavy (non-hydrogen) atoms. The van der Waals surface area contributed by atoms with E-state index in [4.69, 9.17) is 0 Å². The maximum Gasteiger partial charge on any atom is 0 e. The number of alkyl halides is 1. The predicted molar refractivity (Wildman–Crippen MR) is 172 cm³/mol. The Morgan fingerprint density at radius 2 is 0.636 bits per heavy atom. The first-order valence-corrected chi connectivity index (χ1v) is 14.5. The van der Waals surface area contributed by atoms with Crippen molar-refractivity contribution in [3.8, 4) is 0 Å². The molecular formula is C28H35I3V2-2. The molecule has 4 aromatic rings. The summed E-state index contributed by atoms with van der Waals surface area (Å²) >= 11 is 6.67. The molecule has 4 rings (SSSR count). The molecular weight excluding hydrogens is 819 g/mol. The number of hydrogen-bond donors (Lipinski definition) is 0. The van der Waals surface area contributed by atoms with Crippen LogP contribution in [0.5, 0.6) is 0 Å². The maximum absolute atomic E-state index is 2.29. The van der Waals surface area contributed by atoms with Crippen molar-refractivity contribution in [3.63, 3.8) is 0 Å². The van der Waals surface area contributed by atoms with Crippen LogP contribution in [0.4, 0.5) is 0 Å². The average molecular weight is 854 g/mol. The fourth-order valence-electron chi connectivity index (χ4n) is 2.27. The van der Waals surface area contributed by atoms with Crippen molar-refractivity contribution < 1.29 is 37.1 Å². The molecule has 2 radical (unpaired) electrons. The number of fused-ring (bicyclic) bond motifs is 2. The van der Waals surface area contributed by atoms with Crippen molar-refractivity contribution in [2.75, 3.05) is 4.43 Å². The standard InChI is InChI=1S/2C10H8.C2H3I2.C2H4I.2C2H6.2V/c2*1-2-6-10-8-4-3-7-9(10)5-1;3-1-2-4;1-2-3;2*1-2;;/h2*1-8H;1H,2H2;2H,1H3;2*1-2H3;;/q;;2*-1;;;;. The minimum Gasteiger partial charge on any atom is -0.316 e. The van der Waals surface area contributed by atoms with Crippen LogP contribution in [0.1, 0.15) is 34.6 Å². The van der Waals surface area contributed by atoms with Gasteiger partial charge in [0.05, 0.1) is 0 Å². The van der Waals surface area contributed by atoms with Gasteiger partial charge < -0.3 is 45.2 Å². The van der Waals surface area contributed by atoms with E-state index in [0.29, 0.717) is 0 Å². The van der Waals surface area contributed by atoms with E-state index in [0.717, 1.165) is 4.43 Å². The summed E-state index contributed by atoms with van der Waals surface area (Å²) < 4.78 is 5.20. The van der Waals surface area contributed by atoms with Crippen molar-refractivity contribution in [2.45, 2.75) is 34.6 Å². The average Bonchev–Trinajstić information content (AvgIpc) is 2.88. The van der Waals surface area contributed by atoms with Crippen LogP contribution in [0.15, 0.2) is 97.1 Å². The van der Waals surface area contributed by atoms with Crippen molar-refractivity contribution in [1.29, 1.82) is 0 Å². The molecule has 0 atom stereocenters. The Kier molecular flexibility index (Phi) is 40.6. The predicted octanol–water partition coefficient (Wildman–Crippen LogP) is 11.3. The van der Waals surface area contributed by atoms with Gasteiger partial charge in [-0.3, -0.25) is 8.86 Å². The zero-order valence-electron chi connectivity index (χ0n) is 20.1. The molecule has 0 aliphatic rings. The molecule has 4 aromatic carbocycles. The van der Waals surface area contributed by atoms with Crippen molar-refractivity contribution >= 4 is 89.3 Å². The largest absolute Gasteiger partial charge is 0.316 e. The topological polar surface area (TPSA) is 0 Å². The van der Waals surface area contributed by atoms with Gasteiger partial charge in [0.25, 0.3) is 0 Å². The van der Waals surface area contributed by atoms with Crippen LogP contribution in [0.25, 0.3) is 21.5 Å². The first-order chi connectivity index (χ1) is 15.3. The van der Waals surface area contributed by atoms with E-state index in [1.165, 1.54) is 21.5 Å². The molecule has 0 heterocycles. The summed E-state index contributed by atoms with van der Waals surface area (Å²) in [5, 5.41) is 5.24. The van der Waals surface area contributed by atoms with E-state index < -0.39 is 0 Å². The summed E-state index contributed by atoms with van der Waals surface area (Å²) in [5.74, 6) is 0. The maximum atomic E-state index is 2.29. The number of hydrogen-bond acceptors (Lipinski definition) is 0. The molecule has 0 aliphatic carbocycles. The third kappa shape index (κ3) is 21.7. The van der Waals surface area contributed by atoms with Crippen LogP contribution in [0.3, 0.4) is 0 Å². The monoisotopic (exact) mass is 854 g/mol. The second-order valence-electron chi connectivity index (χ2n) is 5.22. The molecule has 0 bridgehead atoms. The smallest absolute Gasteiger partial charge is 0 e. The summed E-state index contributed by atoms with van der Waals surface area (Å²) in [6.07, 6.45) is 0. The summed E-state index contributed by atoms with van der Waals surface area (Å²) in [5.41, 5.74) is 0. The molecule has 0 aliphatic heterocycles. The molecule has 180 valence electrons. The van der Waals surface area contributed by atoms with E-state index in [1.54, 1.807) is 0 Å². The first kappa shape index (κ1) is 40.9. The van der Waals surface area contributed by atoms with Gasteiger partial charge in [0.15, 0.2) is 0 Å². The quantitative estimate of drug-likeness (QED) is 0.102. The second-order valence-corrected chi connectivity index (χ2v) is 8.23. The van der Waals surface area contributed by atoms with E-state index in [1.807, 2.05) is 39.0 Å². The molecule has 0 aromatic heterocycles. The second kappa shape index (κ2) is 32.8.